The van der Waals surface area contributed by atoms with Crippen LogP contribution in [0.2, 0.25) is 0 Å². The zero-order valence-electron chi connectivity index (χ0n) is 28.9. The van der Waals surface area contributed by atoms with Gasteiger partial charge in [0.15, 0.2) is 6.23 Å². The minimum Gasteiger partial charge on any atom is -0.449 e. The summed E-state index contributed by atoms with van der Waals surface area (Å²) in [7, 11) is 0. The summed E-state index contributed by atoms with van der Waals surface area (Å²) in [6.45, 7) is 5.33. The molecule has 21 nitrogen and oxygen atoms in total. The van der Waals surface area contributed by atoms with E-state index in [4.69, 9.17) is 18.9 Å². The van der Waals surface area contributed by atoms with E-state index in [2.05, 4.69) is 5.32 Å². The first-order valence-electron chi connectivity index (χ1n) is 16.1. The number of nitrogens with zero attached hydrogens (tertiary/aromatic N) is 5. The molecule has 3 aliphatic rings. The third kappa shape index (κ3) is 10.5. The summed E-state index contributed by atoms with van der Waals surface area (Å²) in [5, 5.41) is 34.5. The monoisotopic (exact) mass is 784 g/mol. The summed E-state index contributed by atoms with van der Waals surface area (Å²) < 4.78 is 19.5. The second kappa shape index (κ2) is 19.8. The topological polar surface area (TPSA) is 270 Å². The number of carbonyl (C=O) groups excluding carboxylic acids is 5. The minimum absolute atomic E-state index is 0. The minimum atomic E-state index is -0.967. The van der Waals surface area contributed by atoms with Crippen molar-refractivity contribution in [3.63, 3.8) is 0 Å². The molecule has 3 aromatic carbocycles. The third-order valence-electron chi connectivity index (χ3n) is 7.66. The van der Waals surface area contributed by atoms with Crippen LogP contribution in [-0.2, 0) is 47.8 Å². The van der Waals surface area contributed by atoms with Gasteiger partial charge in [0.25, 0.3) is 17.1 Å². The van der Waals surface area contributed by atoms with Gasteiger partial charge in [-0.1, -0.05) is 14.9 Å². The van der Waals surface area contributed by atoms with Crippen LogP contribution in [0.4, 0.5) is 48.5 Å². The third-order valence-corrected chi connectivity index (χ3v) is 7.66. The maximum absolute atomic E-state index is 12.1. The summed E-state index contributed by atoms with van der Waals surface area (Å²) in [4.78, 5) is 90.2. The number of hydrogen-bond donors (Lipinski definition) is 1. The highest BCUT2D eigenvalue weighted by molar-refractivity contribution is 6.17. The number of ether oxygens (including phenoxy) is 4. The van der Waals surface area contributed by atoms with E-state index in [1.807, 2.05) is 0 Å². The summed E-state index contributed by atoms with van der Waals surface area (Å²) in [6, 6.07) is 12.3. The smallest absolute Gasteiger partial charge is 0.449 e. The molecular weight excluding hydrogens is 744 g/mol. The molecule has 3 aromatic rings. The van der Waals surface area contributed by atoms with Crippen molar-refractivity contribution in [2.24, 2.45) is 0 Å². The fourth-order valence-electron chi connectivity index (χ4n) is 5.42. The average molecular weight is 785 g/mol. The Morgan fingerprint density at radius 1 is 0.696 bits per heavy atom. The number of hydrogen-bond acceptors (Lipinski definition) is 15. The molecule has 1 unspecified atom stereocenters. The second-order valence-corrected chi connectivity index (χ2v) is 11.1. The number of rotatable bonds is 7. The molecule has 0 aliphatic carbocycles. The van der Waals surface area contributed by atoms with Crippen LogP contribution in [0, 0.1) is 30.3 Å². The van der Waals surface area contributed by atoms with Crippen LogP contribution in [0.1, 0.15) is 52.3 Å². The lowest BCUT2D eigenvalue weighted by molar-refractivity contribution is -0.385. The first-order valence-corrected chi connectivity index (χ1v) is 16.1. The normalized spacial score (nSPS) is 13.9. The number of anilines is 3. The van der Waals surface area contributed by atoms with Gasteiger partial charge < -0.3 is 24.3 Å². The molecule has 300 valence electrons. The van der Waals surface area contributed by atoms with Crippen LogP contribution >= 0.6 is 0 Å². The summed E-state index contributed by atoms with van der Waals surface area (Å²) in [5.41, 5.74) is 2.91. The predicted octanol–water partition coefficient (Wildman–Crippen LogP) is 6.62. The highest BCUT2D eigenvalue weighted by Crippen LogP contribution is 2.36. The molecular formula is C35H40N6O15. The number of benzene rings is 3. The first-order chi connectivity index (χ1) is 25.7. The Kier molecular flexibility index (Phi) is 15.9. The Balaban J connectivity index is 0.000000295. The van der Waals surface area contributed by atoms with Crippen LogP contribution in [0.5, 0.6) is 0 Å². The lowest BCUT2D eigenvalue weighted by atomic mass is 10.1. The number of fused-ring (bicyclic) bond motifs is 3. The number of nitro groups is 3. The molecule has 0 fully saturated rings. The zero-order chi connectivity index (χ0) is 39.7. The van der Waals surface area contributed by atoms with Crippen LogP contribution < -0.4 is 15.1 Å². The average Bonchev–Trinajstić information content (AvgIpc) is 3.78. The molecule has 21 heteroatoms. The van der Waals surface area contributed by atoms with Crippen molar-refractivity contribution in [3.05, 3.63) is 102 Å². The lowest BCUT2D eigenvalue weighted by Gasteiger charge is -2.23. The standard InChI is InChI=1S/C14H16N2O7.C11H10N2O5.C8H6N2O3.2CH4/c1-3-21-13(17)15-11-6-5-10(16(19)20)7-9(11)8-12(15)23-14(18)22-4-2;1-2-18-11(15)12-9-4-3-8(13(16)17)5-7(9)6-10(12)14;11-8-4-5-3-6(10(12)13)1-2-7(5)9-8;;/h5-7,12H,3-4,8H2,1-2H3;3-5H,2,6H2,1H3;1-3H,4H2,(H,9,11);2*1H4. The van der Waals surface area contributed by atoms with E-state index >= 15 is 0 Å². The van der Waals surface area contributed by atoms with Crippen molar-refractivity contribution in [1.29, 1.82) is 0 Å². The zero-order valence-corrected chi connectivity index (χ0v) is 28.9. The van der Waals surface area contributed by atoms with Gasteiger partial charge in [0.2, 0.25) is 11.8 Å². The van der Waals surface area contributed by atoms with Gasteiger partial charge in [-0.2, -0.15) is 0 Å². The van der Waals surface area contributed by atoms with E-state index in [1.54, 1.807) is 26.8 Å². The van der Waals surface area contributed by atoms with E-state index in [-0.39, 0.29) is 76.9 Å². The van der Waals surface area contributed by atoms with Crippen LogP contribution in [0.15, 0.2) is 54.6 Å². The largest absolute Gasteiger partial charge is 0.510 e. The molecule has 1 N–H and O–H groups in total. The van der Waals surface area contributed by atoms with Crippen LogP contribution in [0.3, 0.4) is 0 Å². The van der Waals surface area contributed by atoms with E-state index in [9.17, 15) is 54.3 Å². The van der Waals surface area contributed by atoms with Crippen LogP contribution in [0.25, 0.3) is 0 Å². The fourth-order valence-corrected chi connectivity index (χ4v) is 5.42. The molecule has 3 aliphatic heterocycles. The Morgan fingerprint density at radius 3 is 1.75 bits per heavy atom. The maximum atomic E-state index is 12.1. The molecule has 6 rings (SSSR count). The van der Waals surface area contributed by atoms with Gasteiger partial charge in [0.1, 0.15) is 0 Å². The molecule has 4 amide bonds. The number of amides is 4. The number of nitro benzene ring substituents is 3. The molecule has 0 spiro atoms. The number of nitrogens with one attached hydrogen (secondary N) is 1. The Morgan fingerprint density at radius 2 is 1.20 bits per heavy atom. The molecule has 0 radical (unpaired) electrons. The van der Waals surface area contributed by atoms with Gasteiger partial charge in [-0.3, -0.25) is 39.9 Å². The van der Waals surface area contributed by atoms with Crippen molar-refractivity contribution in [2.45, 2.75) is 61.1 Å². The van der Waals surface area contributed by atoms with E-state index < -0.39 is 45.2 Å². The fraction of sp³-hybridized carbons (Fsp3) is 0.343. The van der Waals surface area contributed by atoms with E-state index in [0.717, 1.165) is 9.80 Å². The van der Waals surface area contributed by atoms with Gasteiger partial charge >= 0.3 is 18.3 Å². The van der Waals surface area contributed by atoms with Crippen molar-refractivity contribution in [1.82, 2.24) is 0 Å². The summed E-state index contributed by atoms with van der Waals surface area (Å²) >= 11 is 0. The summed E-state index contributed by atoms with van der Waals surface area (Å²) in [6.07, 6.45) is -3.02. The maximum Gasteiger partial charge on any atom is 0.510 e. The van der Waals surface area contributed by atoms with E-state index in [0.29, 0.717) is 33.8 Å². The number of carbonyl (C=O) groups is 5. The molecule has 0 saturated carbocycles. The molecule has 0 bridgehead atoms. The second-order valence-electron chi connectivity index (χ2n) is 11.1. The number of non-ortho nitro benzene ring substituents is 3. The van der Waals surface area contributed by atoms with Crippen molar-refractivity contribution in [3.8, 4) is 0 Å². The summed E-state index contributed by atoms with van der Waals surface area (Å²) in [5.74, 6) is -0.556. The first kappa shape index (κ1) is 45.0. The van der Waals surface area contributed by atoms with E-state index in [1.165, 1.54) is 48.5 Å². The van der Waals surface area contributed by atoms with Gasteiger partial charge in [-0.15, -0.1) is 0 Å². The molecule has 1 atom stereocenters. The van der Waals surface area contributed by atoms with Crippen LogP contribution in [-0.4, -0.2) is 71.0 Å². The number of imide groups is 1. The van der Waals surface area contributed by atoms with Gasteiger partial charge in [0, 0.05) is 48.5 Å². The van der Waals surface area contributed by atoms with Gasteiger partial charge in [-0.05, 0) is 55.7 Å². The predicted molar refractivity (Wildman–Crippen MR) is 198 cm³/mol. The Labute approximate surface area is 319 Å². The molecule has 0 aromatic heterocycles. The SMILES string of the molecule is C.C.CCOC(=O)N1C(=O)Cc2cc([N+](=O)[O-])ccc21.CCOC(=O)OC1Cc2cc([N+](=O)[O-])ccc2N1C(=O)OCC.O=C1Cc2cc([N+](=O)[O-])ccc2N1. The van der Waals surface area contributed by atoms with Gasteiger partial charge in [-0.25, -0.2) is 24.2 Å². The lowest BCUT2D eigenvalue weighted by Crippen LogP contribution is -2.41. The Hall–Kier alpha value is -7.19. The Bertz CT molecular complexity index is 2020. The quantitative estimate of drug-likeness (QED) is 0.114. The van der Waals surface area contributed by atoms with Crippen molar-refractivity contribution >= 4 is 64.3 Å². The highest BCUT2D eigenvalue weighted by Gasteiger charge is 2.39. The highest BCUT2D eigenvalue weighted by atomic mass is 16.7. The van der Waals surface area contributed by atoms with Crippen molar-refractivity contribution in [2.75, 3.05) is 34.9 Å². The van der Waals surface area contributed by atoms with Gasteiger partial charge in [0.05, 0.1) is 58.8 Å². The molecule has 56 heavy (non-hydrogen) atoms. The molecule has 3 heterocycles. The van der Waals surface area contributed by atoms with Crippen molar-refractivity contribution < 1.29 is 57.7 Å². The molecule has 0 saturated heterocycles.